The molecule has 0 aliphatic heterocycles. The van der Waals surface area contributed by atoms with Crippen molar-refractivity contribution in [3.63, 3.8) is 0 Å². The Hall–Kier alpha value is -1.54. The third-order valence-corrected chi connectivity index (χ3v) is 1.35. The lowest BCUT2D eigenvalue weighted by Gasteiger charge is -2.13. The topological polar surface area (TPSA) is 92.4 Å². The highest BCUT2D eigenvalue weighted by Gasteiger charge is 2.19. The van der Waals surface area contributed by atoms with Crippen LogP contribution in [-0.4, -0.2) is 29.1 Å². The maximum absolute atomic E-state index is 11.0. The molecule has 1 unspecified atom stereocenters. The molecule has 5 heteroatoms. The highest BCUT2D eigenvalue weighted by atomic mass is 16.4. The van der Waals surface area contributed by atoms with Gasteiger partial charge in [0.2, 0.25) is 5.91 Å². The lowest BCUT2D eigenvalue weighted by atomic mass is 10.2. The molecule has 2 atom stereocenters. The molecule has 0 aromatic rings. The molecule has 5 nitrogen and oxygen atoms in total. The predicted octanol–water partition coefficient (Wildman–Crippen LogP) is -1.07. The molecule has 0 heterocycles. The minimum atomic E-state index is -1.16. The van der Waals surface area contributed by atoms with Gasteiger partial charge in [-0.3, -0.25) is 4.79 Å². The second-order valence-corrected chi connectivity index (χ2v) is 2.60. The standard InChI is InChI=1S/C8H12N2O3/c1-3-4-6(8(12)13)10-7(11)5(2)9/h1,5-6H,4,9H2,2H3,(H,10,11)(H,12,13)/t5-,6?/m0/s1. The van der Waals surface area contributed by atoms with E-state index < -0.39 is 24.0 Å². The van der Waals surface area contributed by atoms with Crippen molar-refractivity contribution in [3.8, 4) is 12.3 Å². The minimum absolute atomic E-state index is 0.0478. The van der Waals surface area contributed by atoms with E-state index in [1.54, 1.807) is 0 Å². The first-order chi connectivity index (χ1) is 5.99. The zero-order valence-electron chi connectivity index (χ0n) is 7.28. The number of nitrogens with one attached hydrogen (secondary N) is 1. The Morgan fingerprint density at radius 2 is 2.23 bits per heavy atom. The highest BCUT2D eigenvalue weighted by Crippen LogP contribution is 1.91. The van der Waals surface area contributed by atoms with E-state index in [1.165, 1.54) is 6.92 Å². The van der Waals surface area contributed by atoms with Gasteiger partial charge < -0.3 is 16.2 Å². The third kappa shape index (κ3) is 4.13. The van der Waals surface area contributed by atoms with Crippen molar-refractivity contribution < 1.29 is 14.7 Å². The summed E-state index contributed by atoms with van der Waals surface area (Å²) in [6.07, 6.45) is 4.88. The van der Waals surface area contributed by atoms with Crippen LogP contribution in [0.3, 0.4) is 0 Å². The molecular formula is C8H12N2O3. The van der Waals surface area contributed by atoms with Crippen LogP contribution in [0.2, 0.25) is 0 Å². The highest BCUT2D eigenvalue weighted by molar-refractivity contribution is 5.86. The number of carboxylic acid groups (broad SMARTS) is 1. The summed E-state index contributed by atoms with van der Waals surface area (Å²) < 4.78 is 0. The first-order valence-electron chi connectivity index (χ1n) is 3.71. The van der Waals surface area contributed by atoms with Crippen molar-refractivity contribution in [2.24, 2.45) is 5.73 Å². The summed E-state index contributed by atoms with van der Waals surface area (Å²) >= 11 is 0. The van der Waals surface area contributed by atoms with Gasteiger partial charge in [-0.15, -0.1) is 12.3 Å². The summed E-state index contributed by atoms with van der Waals surface area (Å²) in [5.41, 5.74) is 5.22. The van der Waals surface area contributed by atoms with E-state index in [9.17, 15) is 9.59 Å². The van der Waals surface area contributed by atoms with Gasteiger partial charge in [-0.25, -0.2) is 4.79 Å². The summed E-state index contributed by atoms with van der Waals surface area (Å²) in [5, 5.41) is 10.8. The maximum atomic E-state index is 11.0. The Kier molecular flexibility index (Phi) is 4.55. The molecule has 13 heavy (non-hydrogen) atoms. The number of carbonyl (C=O) groups is 2. The average Bonchev–Trinajstić information content (AvgIpc) is 2.03. The van der Waals surface area contributed by atoms with Crippen molar-refractivity contribution in [2.45, 2.75) is 25.4 Å². The van der Waals surface area contributed by atoms with E-state index in [-0.39, 0.29) is 6.42 Å². The Morgan fingerprint density at radius 3 is 2.54 bits per heavy atom. The maximum Gasteiger partial charge on any atom is 0.327 e. The van der Waals surface area contributed by atoms with Gasteiger partial charge in [0.25, 0.3) is 0 Å². The SMILES string of the molecule is C#CCC(NC(=O)[C@H](C)N)C(=O)O. The summed E-state index contributed by atoms with van der Waals surface area (Å²) in [4.78, 5) is 21.5. The van der Waals surface area contributed by atoms with E-state index in [4.69, 9.17) is 17.3 Å². The van der Waals surface area contributed by atoms with Crippen LogP contribution in [0, 0.1) is 12.3 Å². The molecule has 0 fully saturated rings. The quantitative estimate of drug-likeness (QED) is 0.485. The number of amides is 1. The Labute approximate surface area is 76.3 Å². The largest absolute Gasteiger partial charge is 0.480 e. The lowest BCUT2D eigenvalue weighted by molar-refractivity contribution is -0.141. The summed E-state index contributed by atoms with van der Waals surface area (Å²) in [6, 6.07) is -1.79. The van der Waals surface area contributed by atoms with Gasteiger partial charge in [0, 0.05) is 6.42 Å². The van der Waals surface area contributed by atoms with E-state index in [0.29, 0.717) is 0 Å². The number of nitrogens with two attached hydrogens (primary N) is 1. The van der Waals surface area contributed by atoms with Gasteiger partial charge in [-0.2, -0.15) is 0 Å². The number of hydrogen-bond acceptors (Lipinski definition) is 3. The molecule has 0 aromatic carbocycles. The van der Waals surface area contributed by atoms with Gasteiger partial charge in [-0.1, -0.05) is 0 Å². The fourth-order valence-corrected chi connectivity index (χ4v) is 0.621. The Morgan fingerprint density at radius 1 is 1.69 bits per heavy atom. The molecule has 0 spiro atoms. The third-order valence-electron chi connectivity index (χ3n) is 1.35. The van der Waals surface area contributed by atoms with Crippen molar-refractivity contribution in [2.75, 3.05) is 0 Å². The van der Waals surface area contributed by atoms with Crippen LogP contribution in [0.5, 0.6) is 0 Å². The summed E-state index contributed by atoms with van der Waals surface area (Å²) in [5.74, 6) is 0.471. The Bertz CT molecular complexity index is 242. The zero-order valence-corrected chi connectivity index (χ0v) is 7.28. The first-order valence-corrected chi connectivity index (χ1v) is 3.71. The average molecular weight is 184 g/mol. The van der Waals surface area contributed by atoms with Gasteiger partial charge >= 0.3 is 5.97 Å². The van der Waals surface area contributed by atoms with Gasteiger partial charge in [0.1, 0.15) is 6.04 Å². The summed E-state index contributed by atoms with van der Waals surface area (Å²) in [6.45, 7) is 1.46. The second-order valence-electron chi connectivity index (χ2n) is 2.60. The van der Waals surface area contributed by atoms with Crippen LogP contribution in [0.4, 0.5) is 0 Å². The molecule has 0 aliphatic rings. The van der Waals surface area contributed by atoms with E-state index in [0.717, 1.165) is 0 Å². The smallest absolute Gasteiger partial charge is 0.327 e. The number of carboxylic acids is 1. The van der Waals surface area contributed by atoms with Gasteiger partial charge in [0.05, 0.1) is 6.04 Å². The number of carbonyl (C=O) groups excluding carboxylic acids is 1. The van der Waals surface area contributed by atoms with Crippen LogP contribution in [0.25, 0.3) is 0 Å². The molecule has 1 amide bonds. The number of terminal acetylenes is 1. The van der Waals surface area contributed by atoms with Crippen molar-refractivity contribution >= 4 is 11.9 Å². The van der Waals surface area contributed by atoms with Crippen molar-refractivity contribution in [1.82, 2.24) is 5.32 Å². The van der Waals surface area contributed by atoms with Gasteiger partial charge in [-0.05, 0) is 6.92 Å². The molecular weight excluding hydrogens is 172 g/mol. The molecule has 4 N–H and O–H groups in total. The normalized spacial score (nSPS) is 13.9. The molecule has 0 aliphatic carbocycles. The van der Waals surface area contributed by atoms with E-state index in [2.05, 4.69) is 11.2 Å². The molecule has 0 rings (SSSR count). The van der Waals surface area contributed by atoms with Gasteiger partial charge in [0.15, 0.2) is 0 Å². The fraction of sp³-hybridized carbons (Fsp3) is 0.500. The van der Waals surface area contributed by atoms with Crippen LogP contribution in [-0.2, 0) is 9.59 Å². The second kappa shape index (κ2) is 5.17. The molecule has 0 aromatic heterocycles. The first kappa shape index (κ1) is 11.5. The van der Waals surface area contributed by atoms with E-state index >= 15 is 0 Å². The lowest BCUT2D eigenvalue weighted by Crippen LogP contribution is -2.47. The van der Waals surface area contributed by atoms with Crippen LogP contribution < -0.4 is 11.1 Å². The van der Waals surface area contributed by atoms with Crippen molar-refractivity contribution in [3.05, 3.63) is 0 Å². The Balaban J connectivity index is 4.20. The molecule has 0 radical (unpaired) electrons. The number of aliphatic carboxylic acids is 1. The molecule has 0 bridgehead atoms. The zero-order chi connectivity index (χ0) is 10.4. The molecule has 72 valence electrons. The minimum Gasteiger partial charge on any atom is -0.480 e. The predicted molar refractivity (Wildman–Crippen MR) is 46.7 cm³/mol. The van der Waals surface area contributed by atoms with Crippen molar-refractivity contribution in [1.29, 1.82) is 0 Å². The summed E-state index contributed by atoms with van der Waals surface area (Å²) in [7, 11) is 0. The number of rotatable bonds is 4. The van der Waals surface area contributed by atoms with Crippen LogP contribution >= 0.6 is 0 Å². The number of hydrogen-bond donors (Lipinski definition) is 3. The van der Waals surface area contributed by atoms with Crippen LogP contribution in [0.1, 0.15) is 13.3 Å². The monoisotopic (exact) mass is 184 g/mol. The van der Waals surface area contributed by atoms with E-state index in [1.807, 2.05) is 0 Å². The fourth-order valence-electron chi connectivity index (χ4n) is 0.621. The molecule has 0 saturated heterocycles. The molecule has 0 saturated carbocycles. The van der Waals surface area contributed by atoms with Crippen LogP contribution in [0.15, 0.2) is 0 Å².